The average molecular weight is 347 g/mol. The third-order valence-electron chi connectivity index (χ3n) is 6.83. The molecular formula is C22H34O3. The van der Waals surface area contributed by atoms with E-state index < -0.39 is 12.2 Å². The van der Waals surface area contributed by atoms with Crippen LogP contribution in [0.2, 0.25) is 0 Å². The van der Waals surface area contributed by atoms with Crippen LogP contribution < -0.4 is 0 Å². The molecule has 0 radical (unpaired) electrons. The summed E-state index contributed by atoms with van der Waals surface area (Å²) in [7, 11) is 0. The summed E-state index contributed by atoms with van der Waals surface area (Å²) in [6.07, 6.45) is 10.6. The predicted octanol–water partition coefficient (Wildman–Crippen LogP) is 3.71. The highest BCUT2D eigenvalue weighted by atomic mass is 16.3. The minimum absolute atomic E-state index is 0.0923. The van der Waals surface area contributed by atoms with Gasteiger partial charge in [-0.05, 0) is 37.5 Å². The number of unbranched alkanes of at least 4 members (excludes halogenated alkanes) is 1. The van der Waals surface area contributed by atoms with E-state index in [-0.39, 0.29) is 23.7 Å². The van der Waals surface area contributed by atoms with Gasteiger partial charge in [0.25, 0.3) is 0 Å². The first-order valence-electron chi connectivity index (χ1n) is 10.5. The van der Waals surface area contributed by atoms with E-state index in [0.717, 1.165) is 32.1 Å². The van der Waals surface area contributed by atoms with E-state index >= 15 is 0 Å². The quantitative estimate of drug-likeness (QED) is 0.746. The van der Waals surface area contributed by atoms with Gasteiger partial charge in [-0.1, -0.05) is 63.7 Å². The molecule has 2 N–H and O–H groups in total. The molecule has 3 aliphatic carbocycles. The Hall–Kier alpha value is -0.850. The van der Waals surface area contributed by atoms with Gasteiger partial charge in [0, 0.05) is 11.8 Å². The molecule has 0 bridgehead atoms. The fraction of sp³-hybridized carbons (Fsp3) is 0.864. The zero-order valence-electron chi connectivity index (χ0n) is 15.6. The first kappa shape index (κ1) is 18.9. The molecule has 0 aromatic heterocycles. The molecule has 0 spiro atoms. The van der Waals surface area contributed by atoms with Crippen LogP contribution in [-0.2, 0) is 4.79 Å². The van der Waals surface area contributed by atoms with Crippen molar-refractivity contribution in [2.45, 2.75) is 89.8 Å². The third-order valence-corrected chi connectivity index (χ3v) is 6.83. The number of fused-ring (bicyclic) bond motifs is 1. The summed E-state index contributed by atoms with van der Waals surface area (Å²) in [6, 6.07) is 0. The van der Waals surface area contributed by atoms with Gasteiger partial charge in [0.05, 0.1) is 12.0 Å². The van der Waals surface area contributed by atoms with Gasteiger partial charge >= 0.3 is 0 Å². The summed E-state index contributed by atoms with van der Waals surface area (Å²) in [5, 5.41) is 20.8. The molecule has 3 fully saturated rings. The first-order valence-corrected chi connectivity index (χ1v) is 10.5. The smallest absolute Gasteiger partial charge is 0.139 e. The number of Topliss-reactive ketones (excluding diaryl/α,β-unsaturated/α-hetero) is 1. The zero-order chi connectivity index (χ0) is 17.8. The molecule has 0 aromatic rings. The van der Waals surface area contributed by atoms with Gasteiger partial charge < -0.3 is 10.2 Å². The van der Waals surface area contributed by atoms with Gasteiger partial charge in [0.15, 0.2) is 0 Å². The molecular weight excluding hydrogens is 312 g/mol. The summed E-state index contributed by atoms with van der Waals surface area (Å²) in [5.41, 5.74) is 0. The number of aliphatic hydroxyl groups is 2. The van der Waals surface area contributed by atoms with E-state index in [2.05, 4.69) is 18.8 Å². The number of ketones is 1. The van der Waals surface area contributed by atoms with Crippen LogP contribution in [0.25, 0.3) is 0 Å². The van der Waals surface area contributed by atoms with E-state index in [1.165, 1.54) is 32.1 Å². The van der Waals surface area contributed by atoms with E-state index in [9.17, 15) is 15.0 Å². The van der Waals surface area contributed by atoms with E-state index in [0.29, 0.717) is 18.1 Å². The normalized spacial score (nSPS) is 36.8. The maximum absolute atomic E-state index is 12.4. The molecule has 0 aliphatic heterocycles. The molecule has 0 saturated heterocycles. The van der Waals surface area contributed by atoms with Gasteiger partial charge in [0.2, 0.25) is 0 Å². The van der Waals surface area contributed by atoms with Crippen molar-refractivity contribution in [1.82, 2.24) is 0 Å². The van der Waals surface area contributed by atoms with Crippen LogP contribution in [0.4, 0.5) is 0 Å². The standard InChI is InChI=1S/C22H34O3/c1-2-3-9-18-21-17(20(24)13-12-19(21)22(18)25)11-10-16(23)14-15-7-5-4-6-8-15/h15-21,23-24H,2-9,12-14H2,1H3/t16-,17+,18?,19+,20-,21+/m1/s1. The molecule has 0 amide bonds. The third kappa shape index (κ3) is 4.29. The van der Waals surface area contributed by atoms with Gasteiger partial charge in [-0.25, -0.2) is 0 Å². The van der Waals surface area contributed by atoms with Crippen molar-refractivity contribution in [3.05, 3.63) is 0 Å². The fourth-order valence-electron chi connectivity index (χ4n) is 5.38. The molecule has 3 aliphatic rings. The number of carbonyl (C=O) groups excluding carboxylic acids is 1. The Morgan fingerprint density at radius 2 is 1.92 bits per heavy atom. The Labute approximate surface area is 152 Å². The average Bonchev–Trinajstić information content (AvgIpc) is 2.61. The molecule has 3 saturated carbocycles. The van der Waals surface area contributed by atoms with E-state index in [1.54, 1.807) is 0 Å². The lowest BCUT2D eigenvalue weighted by molar-refractivity contribution is -0.154. The number of rotatable bonds is 5. The van der Waals surface area contributed by atoms with Gasteiger partial charge in [-0.2, -0.15) is 0 Å². The minimum atomic E-state index is -0.583. The summed E-state index contributed by atoms with van der Waals surface area (Å²) >= 11 is 0. The van der Waals surface area contributed by atoms with Crippen LogP contribution in [0.1, 0.15) is 77.6 Å². The van der Waals surface area contributed by atoms with Gasteiger partial charge in [-0.3, -0.25) is 4.79 Å². The van der Waals surface area contributed by atoms with Crippen LogP contribution in [-0.4, -0.2) is 28.2 Å². The molecule has 25 heavy (non-hydrogen) atoms. The maximum Gasteiger partial charge on any atom is 0.139 e. The Bertz CT molecular complexity index is 511. The van der Waals surface area contributed by atoms with Crippen molar-refractivity contribution in [2.24, 2.45) is 29.6 Å². The lowest BCUT2D eigenvalue weighted by atomic mass is 9.52. The lowest BCUT2D eigenvalue weighted by Crippen LogP contribution is -2.56. The van der Waals surface area contributed by atoms with Gasteiger partial charge in [-0.15, -0.1) is 0 Å². The lowest BCUT2D eigenvalue weighted by Gasteiger charge is -2.50. The van der Waals surface area contributed by atoms with Crippen molar-refractivity contribution in [2.75, 3.05) is 0 Å². The highest BCUT2D eigenvalue weighted by Crippen LogP contribution is 2.51. The number of carbonyl (C=O) groups is 1. The maximum atomic E-state index is 12.4. The molecule has 0 aromatic carbocycles. The first-order chi connectivity index (χ1) is 12.1. The Balaban J connectivity index is 1.61. The van der Waals surface area contributed by atoms with Crippen molar-refractivity contribution in [3.8, 4) is 11.8 Å². The van der Waals surface area contributed by atoms with E-state index in [4.69, 9.17) is 0 Å². The predicted molar refractivity (Wildman–Crippen MR) is 98.7 cm³/mol. The Kier molecular flexibility index (Phi) is 6.58. The molecule has 6 atom stereocenters. The van der Waals surface area contributed by atoms with Crippen molar-refractivity contribution >= 4 is 5.78 Å². The Morgan fingerprint density at radius 3 is 2.64 bits per heavy atom. The second kappa shape index (κ2) is 8.69. The van der Waals surface area contributed by atoms with Crippen LogP contribution in [0.5, 0.6) is 0 Å². The molecule has 3 nitrogen and oxygen atoms in total. The van der Waals surface area contributed by atoms with Gasteiger partial charge in [0.1, 0.15) is 11.9 Å². The van der Waals surface area contributed by atoms with Crippen molar-refractivity contribution in [1.29, 1.82) is 0 Å². The second-order valence-corrected chi connectivity index (χ2v) is 8.55. The van der Waals surface area contributed by atoms with Crippen LogP contribution in [0, 0.1) is 41.4 Å². The summed E-state index contributed by atoms with van der Waals surface area (Å²) in [6.45, 7) is 2.15. The summed E-state index contributed by atoms with van der Waals surface area (Å²) < 4.78 is 0. The van der Waals surface area contributed by atoms with Crippen molar-refractivity contribution < 1.29 is 15.0 Å². The number of aliphatic hydroxyl groups excluding tert-OH is 2. The minimum Gasteiger partial charge on any atom is -0.392 e. The molecule has 140 valence electrons. The topological polar surface area (TPSA) is 57.5 Å². The van der Waals surface area contributed by atoms with Crippen LogP contribution >= 0.6 is 0 Å². The number of hydrogen-bond acceptors (Lipinski definition) is 3. The summed E-state index contributed by atoms with van der Waals surface area (Å²) in [5.74, 6) is 7.56. The van der Waals surface area contributed by atoms with Crippen LogP contribution in [0.15, 0.2) is 0 Å². The SMILES string of the molecule is CCCCC1C(=O)[C@H]2CC[C@@H](O)[C@H](C#C[C@@H](O)CC3CCCCC3)[C@@H]12. The fourth-order valence-corrected chi connectivity index (χ4v) is 5.38. The molecule has 1 unspecified atom stereocenters. The second-order valence-electron chi connectivity index (χ2n) is 8.55. The monoisotopic (exact) mass is 346 g/mol. The van der Waals surface area contributed by atoms with E-state index in [1.807, 2.05) is 0 Å². The summed E-state index contributed by atoms with van der Waals surface area (Å²) in [4.78, 5) is 12.4. The van der Waals surface area contributed by atoms with Crippen molar-refractivity contribution in [3.63, 3.8) is 0 Å². The molecule has 3 rings (SSSR count). The van der Waals surface area contributed by atoms with Crippen LogP contribution in [0.3, 0.4) is 0 Å². The highest BCUT2D eigenvalue weighted by Gasteiger charge is 2.55. The number of hydrogen-bond donors (Lipinski definition) is 2. The zero-order valence-corrected chi connectivity index (χ0v) is 15.6. The Morgan fingerprint density at radius 1 is 1.16 bits per heavy atom. The highest BCUT2D eigenvalue weighted by molar-refractivity contribution is 5.90. The molecule has 3 heteroatoms. The molecule has 0 heterocycles. The largest absolute Gasteiger partial charge is 0.392 e.